The van der Waals surface area contributed by atoms with Crippen LogP contribution in [0.1, 0.15) is 16.8 Å². The molecule has 0 aliphatic carbocycles. The van der Waals surface area contributed by atoms with Gasteiger partial charge in [-0.3, -0.25) is 9.36 Å². The van der Waals surface area contributed by atoms with Gasteiger partial charge in [-0.1, -0.05) is 0 Å². The summed E-state index contributed by atoms with van der Waals surface area (Å²) in [6.07, 6.45) is -8.59. The number of fused-ring (bicyclic) bond motifs is 2. The summed E-state index contributed by atoms with van der Waals surface area (Å²) >= 11 is 1.92. The average molecular weight is 540 g/mol. The highest BCUT2D eigenvalue weighted by Crippen LogP contribution is 2.33. The van der Waals surface area contributed by atoms with Gasteiger partial charge in [0.25, 0.3) is 0 Å². The van der Waals surface area contributed by atoms with Crippen molar-refractivity contribution in [3.05, 3.63) is 56.9 Å². The molecule has 0 saturated carbocycles. The predicted octanol–water partition coefficient (Wildman–Crippen LogP) is 6.10. The highest BCUT2D eigenvalue weighted by atomic mass is 127. The summed E-state index contributed by atoms with van der Waals surface area (Å²) in [4.78, 5) is 0. The number of rotatable bonds is 0. The zero-order valence-electron chi connectivity index (χ0n) is 15.9. The summed E-state index contributed by atoms with van der Waals surface area (Å²) in [6.45, 7) is 1.70. The minimum absolute atomic E-state index is 0.535. The molecule has 4 nitrogen and oxygen atoms in total. The third-order valence-corrected chi connectivity index (χ3v) is 5.29. The Morgan fingerprint density at radius 2 is 1.17 bits per heavy atom. The molecule has 4 rings (SSSR count). The van der Waals surface area contributed by atoms with E-state index < -0.39 is 23.5 Å². The average Bonchev–Trinajstić information content (AvgIpc) is 3.09. The van der Waals surface area contributed by atoms with Crippen molar-refractivity contribution in [3.63, 3.8) is 0 Å². The summed E-state index contributed by atoms with van der Waals surface area (Å²) in [6, 6.07) is 7.29. The van der Waals surface area contributed by atoms with Crippen molar-refractivity contribution in [1.29, 1.82) is 0 Å². The van der Waals surface area contributed by atoms with Crippen LogP contribution in [-0.4, -0.2) is 19.6 Å². The lowest BCUT2D eigenvalue weighted by Gasteiger charge is -2.06. The van der Waals surface area contributed by atoms with Crippen molar-refractivity contribution < 1.29 is 26.3 Å². The summed E-state index contributed by atoms with van der Waals surface area (Å²) in [5, 5.41) is 9.20. The van der Waals surface area contributed by atoms with E-state index in [-0.39, 0.29) is 0 Å². The Morgan fingerprint density at radius 1 is 0.733 bits per heavy atom. The minimum Gasteiger partial charge on any atom is -0.268 e. The van der Waals surface area contributed by atoms with Crippen LogP contribution >= 0.6 is 22.6 Å². The molecule has 160 valence electrons. The molecular formula is C19H15F6IN4. The fourth-order valence-corrected chi connectivity index (χ4v) is 3.77. The summed E-state index contributed by atoms with van der Waals surface area (Å²) in [5.41, 5.74) is 0.749. The Hall–Kier alpha value is -2.31. The van der Waals surface area contributed by atoms with Gasteiger partial charge in [-0.05, 0) is 65.9 Å². The number of nitrogens with zero attached hydrogens (tertiary/aromatic N) is 4. The SMILES string of the molecule is Cc1nn(C)c2ccc(C(F)(F)F)cc12.Cn1nc(I)c2cc(C(F)(F)F)ccc21. The standard InChI is InChI=1S/C10H9F3N2.C9H6F3IN2/c1-6-8-5-7(10(11,12)13)3-4-9(8)15(2)14-6;1-15-7-3-2-5(9(10,11)12)4-6(7)8(13)14-15/h3-5H,1-2H3;2-4H,1H3. The van der Waals surface area contributed by atoms with Crippen LogP contribution in [0.3, 0.4) is 0 Å². The van der Waals surface area contributed by atoms with E-state index in [0.717, 1.165) is 24.3 Å². The van der Waals surface area contributed by atoms with Gasteiger partial charge in [-0.15, -0.1) is 0 Å². The molecule has 2 aromatic heterocycles. The maximum Gasteiger partial charge on any atom is 0.416 e. The Morgan fingerprint density at radius 3 is 1.67 bits per heavy atom. The molecule has 0 spiro atoms. The van der Waals surface area contributed by atoms with Crippen molar-refractivity contribution in [2.24, 2.45) is 14.1 Å². The number of hydrogen-bond acceptors (Lipinski definition) is 2. The van der Waals surface area contributed by atoms with Gasteiger partial charge in [0, 0.05) is 24.9 Å². The first-order chi connectivity index (χ1) is 13.8. The van der Waals surface area contributed by atoms with E-state index in [1.165, 1.54) is 12.1 Å². The Labute approximate surface area is 180 Å². The van der Waals surface area contributed by atoms with Crippen LogP contribution in [0.15, 0.2) is 36.4 Å². The maximum absolute atomic E-state index is 12.4. The number of benzene rings is 2. The van der Waals surface area contributed by atoms with Crippen LogP contribution in [0.4, 0.5) is 26.3 Å². The van der Waals surface area contributed by atoms with Gasteiger partial charge in [-0.2, -0.15) is 36.5 Å². The topological polar surface area (TPSA) is 35.6 Å². The molecule has 4 aromatic rings. The number of alkyl halides is 6. The lowest BCUT2D eigenvalue weighted by atomic mass is 10.1. The normalized spacial score (nSPS) is 12.3. The van der Waals surface area contributed by atoms with E-state index in [4.69, 9.17) is 0 Å². The molecule has 0 bridgehead atoms. The van der Waals surface area contributed by atoms with E-state index in [1.807, 2.05) is 22.6 Å². The molecule has 0 N–H and O–H groups in total. The largest absolute Gasteiger partial charge is 0.416 e. The van der Waals surface area contributed by atoms with Gasteiger partial charge in [0.05, 0.1) is 27.9 Å². The van der Waals surface area contributed by atoms with Gasteiger partial charge in [0.2, 0.25) is 0 Å². The zero-order valence-corrected chi connectivity index (χ0v) is 18.1. The first kappa shape index (κ1) is 22.4. The van der Waals surface area contributed by atoms with Crippen molar-refractivity contribution in [2.75, 3.05) is 0 Å². The number of aryl methyl sites for hydroxylation is 3. The lowest BCUT2D eigenvalue weighted by molar-refractivity contribution is -0.138. The maximum atomic E-state index is 12.4. The molecule has 0 aliphatic heterocycles. The van der Waals surface area contributed by atoms with E-state index in [9.17, 15) is 26.3 Å². The number of hydrogen-bond donors (Lipinski definition) is 0. The minimum atomic E-state index is -4.30. The smallest absolute Gasteiger partial charge is 0.268 e. The number of halogens is 7. The highest BCUT2D eigenvalue weighted by molar-refractivity contribution is 14.1. The molecule has 11 heteroatoms. The second-order valence-electron chi connectivity index (χ2n) is 6.58. The quantitative estimate of drug-likeness (QED) is 0.200. The van der Waals surface area contributed by atoms with Crippen LogP contribution in [-0.2, 0) is 26.4 Å². The molecule has 0 unspecified atom stereocenters. The molecule has 2 aromatic carbocycles. The Kier molecular flexibility index (Phi) is 5.78. The van der Waals surface area contributed by atoms with Crippen molar-refractivity contribution in [2.45, 2.75) is 19.3 Å². The van der Waals surface area contributed by atoms with Gasteiger partial charge >= 0.3 is 12.4 Å². The van der Waals surface area contributed by atoms with Crippen LogP contribution < -0.4 is 0 Å². The Balaban J connectivity index is 0.000000171. The molecule has 0 amide bonds. The third-order valence-electron chi connectivity index (χ3n) is 4.49. The molecule has 0 atom stereocenters. The van der Waals surface area contributed by atoms with Crippen LogP contribution in [0.5, 0.6) is 0 Å². The first-order valence-electron chi connectivity index (χ1n) is 8.49. The molecule has 0 saturated heterocycles. The predicted molar refractivity (Wildman–Crippen MR) is 109 cm³/mol. The van der Waals surface area contributed by atoms with Crippen LogP contribution in [0, 0.1) is 10.6 Å². The first-order valence-corrected chi connectivity index (χ1v) is 9.57. The molecule has 2 heterocycles. The van der Waals surface area contributed by atoms with Gasteiger partial charge in [0.1, 0.15) is 3.70 Å². The fourth-order valence-electron chi connectivity index (χ4n) is 3.02. The van der Waals surface area contributed by atoms with Gasteiger partial charge in [0.15, 0.2) is 0 Å². The number of aromatic nitrogens is 4. The van der Waals surface area contributed by atoms with Crippen molar-refractivity contribution in [3.8, 4) is 0 Å². The molecule has 30 heavy (non-hydrogen) atoms. The van der Waals surface area contributed by atoms with E-state index in [1.54, 1.807) is 30.4 Å². The molecular weight excluding hydrogens is 525 g/mol. The van der Waals surface area contributed by atoms with E-state index in [2.05, 4.69) is 10.2 Å². The molecule has 0 aliphatic rings. The summed E-state index contributed by atoms with van der Waals surface area (Å²) in [5.74, 6) is 0. The van der Waals surface area contributed by atoms with Crippen molar-refractivity contribution >= 4 is 44.4 Å². The van der Waals surface area contributed by atoms with E-state index >= 15 is 0 Å². The molecule has 0 radical (unpaired) electrons. The van der Waals surface area contributed by atoms with Crippen LogP contribution in [0.2, 0.25) is 0 Å². The van der Waals surface area contributed by atoms with Crippen LogP contribution in [0.25, 0.3) is 21.8 Å². The fraction of sp³-hybridized carbons (Fsp3) is 0.263. The van der Waals surface area contributed by atoms with Gasteiger partial charge < -0.3 is 0 Å². The third kappa shape index (κ3) is 4.40. The Bertz CT molecular complexity index is 1120. The van der Waals surface area contributed by atoms with Crippen molar-refractivity contribution in [1.82, 2.24) is 19.6 Å². The second-order valence-corrected chi connectivity index (χ2v) is 7.60. The second kappa shape index (κ2) is 7.75. The van der Waals surface area contributed by atoms with E-state index in [0.29, 0.717) is 31.2 Å². The lowest BCUT2D eigenvalue weighted by Crippen LogP contribution is -2.04. The summed E-state index contributed by atoms with van der Waals surface area (Å²) < 4.78 is 78.3. The zero-order chi connectivity index (χ0) is 22.4. The molecule has 0 fully saturated rings. The van der Waals surface area contributed by atoms with Gasteiger partial charge in [-0.25, -0.2) is 0 Å². The monoisotopic (exact) mass is 540 g/mol. The summed E-state index contributed by atoms with van der Waals surface area (Å²) in [7, 11) is 3.42. The highest BCUT2D eigenvalue weighted by Gasteiger charge is 2.31.